The van der Waals surface area contributed by atoms with Crippen LogP contribution in [0.25, 0.3) is 0 Å². The Morgan fingerprint density at radius 1 is 1.27 bits per heavy atom. The van der Waals surface area contributed by atoms with Gasteiger partial charge in [-0.25, -0.2) is 0 Å². The molecule has 1 aromatic rings. The molecule has 0 bridgehead atoms. The summed E-state index contributed by atoms with van der Waals surface area (Å²) in [6, 6.07) is 8.99. The summed E-state index contributed by atoms with van der Waals surface area (Å²) < 4.78 is 0. The van der Waals surface area contributed by atoms with E-state index in [9.17, 15) is 0 Å². The van der Waals surface area contributed by atoms with Crippen LogP contribution in [0.15, 0.2) is 24.3 Å². The van der Waals surface area contributed by atoms with Gasteiger partial charge in [0.05, 0.1) is 0 Å². The standard InChI is InChI=1S/C14H23N/c1-3-12(2)14-9-6-8-13(11-14)7-4-5-10-15/h6,8-9,11-12H,3-5,7,10,15H2,1-2H3. The van der Waals surface area contributed by atoms with Crippen LogP contribution in [0.4, 0.5) is 0 Å². The molecule has 0 aliphatic carbocycles. The molecule has 1 unspecified atom stereocenters. The third kappa shape index (κ3) is 4.05. The van der Waals surface area contributed by atoms with Gasteiger partial charge in [0.25, 0.3) is 0 Å². The molecule has 15 heavy (non-hydrogen) atoms. The molecule has 1 aromatic carbocycles. The minimum atomic E-state index is 0.680. The normalized spacial score (nSPS) is 12.7. The first-order valence-corrected chi connectivity index (χ1v) is 6.06. The second-order valence-corrected chi connectivity index (χ2v) is 4.30. The molecule has 1 nitrogen and oxygen atoms in total. The van der Waals surface area contributed by atoms with Crippen LogP contribution in [-0.2, 0) is 6.42 Å². The molecule has 0 aliphatic heterocycles. The van der Waals surface area contributed by atoms with Gasteiger partial charge in [-0.2, -0.15) is 0 Å². The number of rotatable bonds is 6. The fourth-order valence-corrected chi connectivity index (χ4v) is 1.76. The van der Waals surface area contributed by atoms with Crippen molar-refractivity contribution in [1.82, 2.24) is 0 Å². The lowest BCUT2D eigenvalue weighted by Crippen LogP contribution is -1.99. The number of nitrogens with two attached hydrogens (primary N) is 1. The van der Waals surface area contributed by atoms with Crippen LogP contribution >= 0.6 is 0 Å². The second kappa shape index (κ2) is 6.62. The van der Waals surface area contributed by atoms with Gasteiger partial charge >= 0.3 is 0 Å². The minimum absolute atomic E-state index is 0.680. The average Bonchev–Trinajstić information content (AvgIpc) is 2.29. The second-order valence-electron chi connectivity index (χ2n) is 4.30. The van der Waals surface area contributed by atoms with Gasteiger partial charge in [0.2, 0.25) is 0 Å². The third-order valence-electron chi connectivity index (χ3n) is 3.05. The van der Waals surface area contributed by atoms with E-state index in [0.717, 1.165) is 13.0 Å². The Balaban J connectivity index is 2.57. The van der Waals surface area contributed by atoms with Gasteiger partial charge in [0.1, 0.15) is 0 Å². The van der Waals surface area contributed by atoms with Crippen molar-refractivity contribution < 1.29 is 0 Å². The molecule has 2 N–H and O–H groups in total. The quantitative estimate of drug-likeness (QED) is 0.707. The van der Waals surface area contributed by atoms with Gasteiger partial charge < -0.3 is 5.73 Å². The summed E-state index contributed by atoms with van der Waals surface area (Å²) in [5.74, 6) is 0.680. The highest BCUT2D eigenvalue weighted by Gasteiger charge is 2.03. The van der Waals surface area contributed by atoms with Crippen molar-refractivity contribution in [3.8, 4) is 0 Å². The third-order valence-corrected chi connectivity index (χ3v) is 3.05. The maximum absolute atomic E-state index is 5.49. The summed E-state index contributed by atoms with van der Waals surface area (Å²) in [4.78, 5) is 0. The van der Waals surface area contributed by atoms with E-state index in [1.807, 2.05) is 0 Å². The van der Waals surface area contributed by atoms with Crippen LogP contribution in [-0.4, -0.2) is 6.54 Å². The summed E-state index contributed by atoms with van der Waals surface area (Å²) >= 11 is 0. The van der Waals surface area contributed by atoms with Crippen molar-refractivity contribution in [3.63, 3.8) is 0 Å². The number of unbranched alkanes of at least 4 members (excludes halogenated alkanes) is 1. The van der Waals surface area contributed by atoms with Crippen molar-refractivity contribution in [3.05, 3.63) is 35.4 Å². The van der Waals surface area contributed by atoms with Gasteiger partial charge in [-0.05, 0) is 49.3 Å². The van der Waals surface area contributed by atoms with Gasteiger partial charge in [0.15, 0.2) is 0 Å². The molecule has 0 radical (unpaired) electrons. The molecule has 0 spiro atoms. The highest BCUT2D eigenvalue weighted by molar-refractivity contribution is 5.26. The Morgan fingerprint density at radius 3 is 2.73 bits per heavy atom. The molecule has 84 valence electrons. The zero-order valence-corrected chi connectivity index (χ0v) is 10.00. The Hall–Kier alpha value is -0.820. The summed E-state index contributed by atoms with van der Waals surface area (Å²) in [6.45, 7) is 5.34. The van der Waals surface area contributed by atoms with Gasteiger partial charge in [-0.3, -0.25) is 0 Å². The van der Waals surface area contributed by atoms with Crippen LogP contribution in [0.5, 0.6) is 0 Å². The van der Waals surface area contributed by atoms with Crippen molar-refractivity contribution >= 4 is 0 Å². The lowest BCUT2D eigenvalue weighted by Gasteiger charge is -2.10. The molecule has 0 saturated carbocycles. The molecule has 0 saturated heterocycles. The van der Waals surface area contributed by atoms with Crippen molar-refractivity contribution in [2.24, 2.45) is 5.73 Å². The minimum Gasteiger partial charge on any atom is -0.330 e. The fraction of sp³-hybridized carbons (Fsp3) is 0.571. The van der Waals surface area contributed by atoms with Crippen molar-refractivity contribution in [1.29, 1.82) is 0 Å². The summed E-state index contributed by atoms with van der Waals surface area (Å²) in [6.07, 6.45) is 4.72. The van der Waals surface area contributed by atoms with Crippen LogP contribution in [0.3, 0.4) is 0 Å². The van der Waals surface area contributed by atoms with Gasteiger partial charge in [-0.15, -0.1) is 0 Å². The van der Waals surface area contributed by atoms with Crippen LogP contribution in [0, 0.1) is 0 Å². The zero-order chi connectivity index (χ0) is 11.1. The average molecular weight is 205 g/mol. The summed E-state index contributed by atoms with van der Waals surface area (Å²) in [5, 5.41) is 0. The Morgan fingerprint density at radius 2 is 2.07 bits per heavy atom. The molecule has 1 rings (SSSR count). The molecular formula is C14H23N. The molecule has 0 fully saturated rings. The number of aryl methyl sites for hydroxylation is 1. The molecular weight excluding hydrogens is 182 g/mol. The first kappa shape index (κ1) is 12.3. The number of hydrogen-bond donors (Lipinski definition) is 1. The summed E-state index contributed by atoms with van der Waals surface area (Å²) in [7, 11) is 0. The first-order chi connectivity index (χ1) is 7.27. The monoisotopic (exact) mass is 205 g/mol. The largest absolute Gasteiger partial charge is 0.330 e. The topological polar surface area (TPSA) is 26.0 Å². The number of hydrogen-bond acceptors (Lipinski definition) is 1. The molecule has 0 aromatic heterocycles. The SMILES string of the molecule is CCC(C)c1cccc(CCCCN)c1. The Bertz CT molecular complexity index is 280. The van der Waals surface area contributed by atoms with Crippen LogP contribution in [0.2, 0.25) is 0 Å². The van der Waals surface area contributed by atoms with E-state index in [2.05, 4.69) is 38.1 Å². The Labute approximate surface area is 93.7 Å². The van der Waals surface area contributed by atoms with E-state index in [0.29, 0.717) is 5.92 Å². The highest BCUT2D eigenvalue weighted by atomic mass is 14.5. The van der Waals surface area contributed by atoms with Crippen LogP contribution < -0.4 is 5.73 Å². The molecule has 0 aliphatic rings. The van der Waals surface area contributed by atoms with E-state index in [4.69, 9.17) is 5.73 Å². The van der Waals surface area contributed by atoms with Crippen LogP contribution in [0.1, 0.15) is 50.2 Å². The molecule has 0 heterocycles. The Kier molecular flexibility index (Phi) is 5.41. The van der Waals surface area contributed by atoms with Gasteiger partial charge in [-0.1, -0.05) is 38.1 Å². The predicted octanol–water partition coefficient (Wildman–Crippen LogP) is 3.48. The molecule has 1 atom stereocenters. The van der Waals surface area contributed by atoms with Crippen molar-refractivity contribution in [2.75, 3.05) is 6.54 Å². The zero-order valence-electron chi connectivity index (χ0n) is 10.00. The molecule has 1 heteroatoms. The lowest BCUT2D eigenvalue weighted by atomic mass is 9.95. The number of benzene rings is 1. The highest BCUT2D eigenvalue weighted by Crippen LogP contribution is 2.20. The fourth-order valence-electron chi connectivity index (χ4n) is 1.76. The smallest absolute Gasteiger partial charge is 0.00772 e. The van der Waals surface area contributed by atoms with Crippen molar-refractivity contribution in [2.45, 2.75) is 45.4 Å². The predicted molar refractivity (Wildman–Crippen MR) is 67.1 cm³/mol. The van der Waals surface area contributed by atoms with E-state index >= 15 is 0 Å². The van der Waals surface area contributed by atoms with Gasteiger partial charge in [0, 0.05) is 0 Å². The summed E-state index contributed by atoms with van der Waals surface area (Å²) in [5.41, 5.74) is 8.43. The van der Waals surface area contributed by atoms with E-state index in [1.54, 1.807) is 0 Å². The maximum Gasteiger partial charge on any atom is -0.00772 e. The van der Waals surface area contributed by atoms with E-state index in [1.165, 1.54) is 30.4 Å². The van der Waals surface area contributed by atoms with E-state index < -0.39 is 0 Å². The maximum atomic E-state index is 5.49. The first-order valence-electron chi connectivity index (χ1n) is 6.06. The van der Waals surface area contributed by atoms with E-state index in [-0.39, 0.29) is 0 Å². The lowest BCUT2D eigenvalue weighted by molar-refractivity contribution is 0.723. The molecule has 0 amide bonds.